The molecule has 0 bridgehead atoms. The summed E-state index contributed by atoms with van der Waals surface area (Å²) >= 11 is 3.30. The van der Waals surface area contributed by atoms with Crippen molar-refractivity contribution in [2.45, 2.75) is 44.1 Å². The number of nitrogens with one attached hydrogen (secondary N) is 1. The fraction of sp³-hybridized carbons (Fsp3) is 0.571. The van der Waals surface area contributed by atoms with Crippen molar-refractivity contribution in [3.63, 3.8) is 0 Å². The SMILES string of the molecule is CC(C)(C)S(=O)(=O)N[C@@H](C[C@H]1CO1)c1ccc(F)cc1Br. The third kappa shape index (κ3) is 4.25. The van der Waals surface area contributed by atoms with Crippen molar-refractivity contribution in [1.29, 1.82) is 0 Å². The Morgan fingerprint density at radius 1 is 1.48 bits per heavy atom. The molecule has 7 heteroatoms. The van der Waals surface area contributed by atoms with Crippen molar-refractivity contribution in [1.82, 2.24) is 4.72 Å². The molecule has 1 heterocycles. The summed E-state index contributed by atoms with van der Waals surface area (Å²) in [4.78, 5) is 0. The summed E-state index contributed by atoms with van der Waals surface area (Å²) in [6.07, 6.45) is 0.578. The molecule has 21 heavy (non-hydrogen) atoms. The maximum atomic E-state index is 13.2. The highest BCUT2D eigenvalue weighted by molar-refractivity contribution is 9.10. The van der Waals surface area contributed by atoms with E-state index in [0.717, 1.165) is 0 Å². The molecule has 0 saturated carbocycles. The Kier molecular flexibility index (Phi) is 4.78. The van der Waals surface area contributed by atoms with Crippen molar-refractivity contribution in [2.75, 3.05) is 6.61 Å². The second kappa shape index (κ2) is 5.95. The fourth-order valence-electron chi connectivity index (χ4n) is 1.85. The van der Waals surface area contributed by atoms with Crippen LogP contribution in [0.1, 0.15) is 38.8 Å². The maximum absolute atomic E-state index is 13.2. The summed E-state index contributed by atoms with van der Waals surface area (Å²) in [5, 5.41) is 0. The number of benzene rings is 1. The number of ether oxygens (including phenoxy) is 1. The molecule has 2 atom stereocenters. The van der Waals surface area contributed by atoms with Crippen molar-refractivity contribution in [3.05, 3.63) is 34.1 Å². The molecule has 118 valence electrons. The lowest BCUT2D eigenvalue weighted by Crippen LogP contribution is -2.41. The van der Waals surface area contributed by atoms with Crippen LogP contribution in [-0.4, -0.2) is 25.9 Å². The lowest BCUT2D eigenvalue weighted by Gasteiger charge is -2.26. The molecule has 1 aliphatic rings. The maximum Gasteiger partial charge on any atom is 0.217 e. The first-order chi connectivity index (χ1) is 9.60. The molecular formula is C14H19BrFNO3S. The lowest BCUT2D eigenvalue weighted by molar-refractivity contribution is 0.373. The fourth-order valence-corrected chi connectivity index (χ4v) is 3.43. The highest BCUT2D eigenvalue weighted by atomic mass is 79.9. The molecule has 0 aromatic heterocycles. The third-order valence-corrected chi connectivity index (χ3v) is 6.24. The summed E-state index contributed by atoms with van der Waals surface area (Å²) < 4.78 is 45.5. The molecule has 1 aromatic carbocycles. The summed E-state index contributed by atoms with van der Waals surface area (Å²) in [6.45, 7) is 5.55. The first-order valence-electron chi connectivity index (χ1n) is 6.68. The van der Waals surface area contributed by atoms with Gasteiger partial charge in [-0.3, -0.25) is 0 Å². The van der Waals surface area contributed by atoms with Gasteiger partial charge in [0.2, 0.25) is 10.0 Å². The van der Waals surface area contributed by atoms with E-state index in [1.54, 1.807) is 26.8 Å². The van der Waals surface area contributed by atoms with Crippen LogP contribution in [0.5, 0.6) is 0 Å². The highest BCUT2D eigenvalue weighted by Gasteiger charge is 2.35. The van der Waals surface area contributed by atoms with E-state index in [4.69, 9.17) is 4.74 Å². The van der Waals surface area contributed by atoms with Gasteiger partial charge in [0.05, 0.1) is 23.5 Å². The zero-order chi connectivity index (χ0) is 15.8. The number of rotatable bonds is 5. The van der Waals surface area contributed by atoms with E-state index in [1.165, 1.54) is 12.1 Å². The Morgan fingerprint density at radius 2 is 2.10 bits per heavy atom. The molecule has 1 fully saturated rings. The predicted molar refractivity (Wildman–Crippen MR) is 83.0 cm³/mol. The first kappa shape index (κ1) is 16.9. The van der Waals surface area contributed by atoms with Crippen LogP contribution in [0.3, 0.4) is 0 Å². The highest BCUT2D eigenvalue weighted by Crippen LogP contribution is 2.32. The summed E-state index contributed by atoms with van der Waals surface area (Å²) in [6, 6.07) is 3.81. The van der Waals surface area contributed by atoms with Crippen molar-refractivity contribution in [2.24, 2.45) is 0 Å². The number of hydrogen-bond acceptors (Lipinski definition) is 3. The van der Waals surface area contributed by atoms with Crippen molar-refractivity contribution >= 4 is 26.0 Å². The van der Waals surface area contributed by atoms with E-state index in [9.17, 15) is 12.8 Å². The van der Waals surface area contributed by atoms with Crippen LogP contribution in [0.4, 0.5) is 4.39 Å². The average Bonchev–Trinajstić information content (AvgIpc) is 3.10. The van der Waals surface area contributed by atoms with Crippen LogP contribution in [0, 0.1) is 5.82 Å². The second-order valence-corrected chi connectivity index (χ2v) is 9.46. The minimum absolute atomic E-state index is 0.0506. The smallest absolute Gasteiger partial charge is 0.217 e. The number of hydrogen-bond donors (Lipinski definition) is 1. The van der Waals surface area contributed by atoms with Gasteiger partial charge in [-0.15, -0.1) is 0 Å². The van der Waals surface area contributed by atoms with E-state index in [0.29, 0.717) is 23.1 Å². The van der Waals surface area contributed by atoms with E-state index < -0.39 is 20.8 Å². The van der Waals surface area contributed by atoms with Gasteiger partial charge in [0, 0.05) is 4.47 Å². The predicted octanol–water partition coefficient (Wildman–Crippen LogP) is 3.14. The topological polar surface area (TPSA) is 58.7 Å². The van der Waals surface area contributed by atoms with Crippen molar-refractivity contribution < 1.29 is 17.5 Å². The van der Waals surface area contributed by atoms with Crippen LogP contribution in [0.15, 0.2) is 22.7 Å². The van der Waals surface area contributed by atoms with Gasteiger partial charge in [0.15, 0.2) is 0 Å². The quantitative estimate of drug-likeness (QED) is 0.799. The molecule has 0 amide bonds. The Labute approximate surface area is 133 Å². The molecule has 0 radical (unpaired) electrons. The monoisotopic (exact) mass is 379 g/mol. The molecular weight excluding hydrogens is 361 g/mol. The molecule has 1 N–H and O–H groups in total. The number of sulfonamides is 1. The Bertz CT molecular complexity index is 624. The van der Waals surface area contributed by atoms with E-state index in [1.807, 2.05) is 0 Å². The average molecular weight is 380 g/mol. The first-order valence-corrected chi connectivity index (χ1v) is 8.96. The summed E-state index contributed by atoms with van der Waals surface area (Å²) in [5.74, 6) is -0.370. The van der Waals surface area contributed by atoms with Gasteiger partial charge in [0.25, 0.3) is 0 Å². The number of epoxide rings is 1. The molecule has 1 saturated heterocycles. The molecule has 1 aromatic rings. The Hall–Kier alpha value is -0.500. The van der Waals surface area contributed by atoms with Gasteiger partial charge in [-0.05, 0) is 44.9 Å². The Balaban J connectivity index is 2.30. The van der Waals surface area contributed by atoms with Crippen LogP contribution in [0.2, 0.25) is 0 Å². The van der Waals surface area contributed by atoms with Gasteiger partial charge in [-0.25, -0.2) is 17.5 Å². The van der Waals surface area contributed by atoms with Gasteiger partial charge >= 0.3 is 0 Å². The second-order valence-electron chi connectivity index (χ2n) is 6.14. The summed E-state index contributed by atoms with van der Waals surface area (Å²) in [7, 11) is -3.51. The molecule has 2 rings (SSSR count). The van der Waals surface area contributed by atoms with Crippen LogP contribution < -0.4 is 4.72 Å². The van der Waals surface area contributed by atoms with E-state index >= 15 is 0 Å². The van der Waals surface area contributed by atoms with Crippen LogP contribution >= 0.6 is 15.9 Å². The summed E-state index contributed by atoms with van der Waals surface area (Å²) in [5.41, 5.74) is 0.708. The zero-order valence-corrected chi connectivity index (χ0v) is 14.6. The standard InChI is InChI=1S/C14H19BrFNO3S/c1-14(2,3)21(18,19)17-13(7-10-8-20-10)11-5-4-9(16)6-12(11)15/h4-6,10,13,17H,7-8H2,1-3H3/t10-,13-/m0/s1. The van der Waals surface area contributed by atoms with Gasteiger partial charge in [0.1, 0.15) is 5.82 Å². The lowest BCUT2D eigenvalue weighted by atomic mass is 10.0. The molecule has 0 unspecified atom stereocenters. The minimum atomic E-state index is -3.51. The number of halogens is 2. The van der Waals surface area contributed by atoms with Gasteiger partial charge in [-0.2, -0.15) is 0 Å². The minimum Gasteiger partial charge on any atom is -0.373 e. The van der Waals surface area contributed by atoms with Crippen LogP contribution in [-0.2, 0) is 14.8 Å². The molecule has 1 aliphatic heterocycles. The normalized spacial score (nSPS) is 20.3. The largest absolute Gasteiger partial charge is 0.373 e. The van der Waals surface area contributed by atoms with E-state index in [-0.39, 0.29) is 11.9 Å². The van der Waals surface area contributed by atoms with Crippen LogP contribution in [0.25, 0.3) is 0 Å². The molecule has 0 aliphatic carbocycles. The zero-order valence-electron chi connectivity index (χ0n) is 12.2. The molecule has 4 nitrogen and oxygen atoms in total. The van der Waals surface area contributed by atoms with Crippen molar-refractivity contribution in [3.8, 4) is 0 Å². The molecule has 0 spiro atoms. The Morgan fingerprint density at radius 3 is 2.57 bits per heavy atom. The van der Waals surface area contributed by atoms with Gasteiger partial charge < -0.3 is 4.74 Å². The van der Waals surface area contributed by atoms with Gasteiger partial charge in [-0.1, -0.05) is 22.0 Å². The van der Waals surface area contributed by atoms with E-state index in [2.05, 4.69) is 20.7 Å². The third-order valence-electron chi connectivity index (χ3n) is 3.34.